The molecule has 104 valence electrons. The highest BCUT2D eigenvalue weighted by atomic mass is 79.9. The second-order valence-corrected chi connectivity index (χ2v) is 6.04. The molecule has 0 aliphatic heterocycles. The highest BCUT2D eigenvalue weighted by molar-refractivity contribution is 9.10. The van der Waals surface area contributed by atoms with Crippen molar-refractivity contribution in [3.8, 4) is 12.3 Å². The van der Waals surface area contributed by atoms with Crippen LogP contribution in [0.4, 0.5) is 5.82 Å². The van der Waals surface area contributed by atoms with Gasteiger partial charge in [0.2, 0.25) is 0 Å². The number of nitrogens with one attached hydrogen (secondary N) is 1. The molecule has 0 bridgehead atoms. The van der Waals surface area contributed by atoms with Gasteiger partial charge in [-0.2, -0.15) is 9.61 Å². The number of hydrogen-bond donors (Lipinski definition) is 1. The van der Waals surface area contributed by atoms with Crippen LogP contribution in [-0.2, 0) is 0 Å². The highest BCUT2D eigenvalue weighted by Crippen LogP contribution is 2.33. The van der Waals surface area contributed by atoms with Crippen molar-refractivity contribution in [3.63, 3.8) is 0 Å². The van der Waals surface area contributed by atoms with E-state index in [1.165, 1.54) is 32.1 Å². The maximum atomic E-state index is 5.34. The van der Waals surface area contributed by atoms with Crippen LogP contribution in [0.5, 0.6) is 0 Å². The molecule has 0 saturated heterocycles. The van der Waals surface area contributed by atoms with Crippen molar-refractivity contribution in [2.45, 2.75) is 38.0 Å². The van der Waals surface area contributed by atoms with E-state index in [9.17, 15) is 0 Å². The first-order valence-electron chi connectivity index (χ1n) is 7.01. The zero-order chi connectivity index (χ0) is 13.9. The zero-order valence-electron chi connectivity index (χ0n) is 11.3. The fraction of sp³-hybridized carbons (Fsp3) is 0.467. The molecule has 2 heterocycles. The topological polar surface area (TPSA) is 42.2 Å². The third-order valence-electron chi connectivity index (χ3n) is 3.84. The molecular weight excluding hydrogens is 316 g/mol. The van der Waals surface area contributed by atoms with E-state index in [1.54, 1.807) is 10.7 Å². The predicted octanol–water partition coefficient (Wildman–Crippen LogP) is 3.58. The number of anilines is 1. The van der Waals surface area contributed by atoms with Gasteiger partial charge in [0.25, 0.3) is 0 Å². The van der Waals surface area contributed by atoms with Crippen molar-refractivity contribution in [3.05, 3.63) is 22.4 Å². The number of terminal acetylenes is 1. The van der Waals surface area contributed by atoms with Crippen molar-refractivity contribution in [2.24, 2.45) is 0 Å². The normalized spacial score (nSPS) is 16.2. The van der Waals surface area contributed by atoms with Crippen LogP contribution in [0.25, 0.3) is 5.65 Å². The summed E-state index contributed by atoms with van der Waals surface area (Å²) in [6.07, 6.45) is 13.5. The lowest BCUT2D eigenvalue weighted by atomic mass is 9.87. The van der Waals surface area contributed by atoms with Gasteiger partial charge in [0.05, 0.1) is 17.2 Å². The summed E-state index contributed by atoms with van der Waals surface area (Å²) in [4.78, 5) is 4.79. The highest BCUT2D eigenvalue weighted by Gasteiger charge is 2.19. The van der Waals surface area contributed by atoms with Crippen LogP contribution in [0.15, 0.2) is 16.7 Å². The molecular formula is C15H17BrN4. The Morgan fingerprint density at radius 2 is 2.20 bits per heavy atom. The summed E-state index contributed by atoms with van der Waals surface area (Å²) < 4.78 is 2.72. The SMILES string of the molecule is C#CCNc1cc(C2CCCCC2)nc2c(Br)cnn12. The van der Waals surface area contributed by atoms with Crippen molar-refractivity contribution < 1.29 is 0 Å². The van der Waals surface area contributed by atoms with Crippen LogP contribution in [0.2, 0.25) is 0 Å². The standard InChI is InChI=1S/C15H17BrN4/c1-2-8-17-14-9-13(11-6-4-3-5-7-11)19-15-12(16)10-18-20(14)15/h1,9-11,17H,3-8H2. The third-order valence-corrected chi connectivity index (χ3v) is 4.40. The largest absolute Gasteiger partial charge is 0.359 e. The van der Waals surface area contributed by atoms with E-state index >= 15 is 0 Å². The van der Waals surface area contributed by atoms with Crippen molar-refractivity contribution >= 4 is 27.4 Å². The maximum absolute atomic E-state index is 5.34. The van der Waals surface area contributed by atoms with Crippen LogP contribution in [-0.4, -0.2) is 21.1 Å². The molecule has 0 radical (unpaired) electrons. The van der Waals surface area contributed by atoms with E-state index in [0.29, 0.717) is 12.5 Å². The second kappa shape index (κ2) is 5.84. The van der Waals surface area contributed by atoms with Gasteiger partial charge in [0.1, 0.15) is 5.82 Å². The number of aromatic nitrogens is 3. The molecule has 1 aliphatic carbocycles. The molecule has 0 amide bonds. The first-order valence-corrected chi connectivity index (χ1v) is 7.80. The Morgan fingerprint density at radius 3 is 2.95 bits per heavy atom. The summed E-state index contributed by atoms with van der Waals surface area (Å²) in [6, 6.07) is 2.10. The lowest BCUT2D eigenvalue weighted by Gasteiger charge is -2.22. The smallest absolute Gasteiger partial charge is 0.171 e. The molecule has 0 spiro atoms. The Balaban J connectivity index is 2.03. The van der Waals surface area contributed by atoms with Crippen LogP contribution in [0.3, 0.4) is 0 Å². The molecule has 0 unspecified atom stereocenters. The summed E-state index contributed by atoms with van der Waals surface area (Å²) >= 11 is 3.51. The summed E-state index contributed by atoms with van der Waals surface area (Å²) in [7, 11) is 0. The minimum atomic E-state index is 0.487. The van der Waals surface area contributed by atoms with Gasteiger partial charge in [-0.3, -0.25) is 0 Å². The summed E-state index contributed by atoms with van der Waals surface area (Å²) in [6.45, 7) is 0.487. The van der Waals surface area contributed by atoms with Gasteiger partial charge in [0, 0.05) is 17.7 Å². The molecule has 4 nitrogen and oxygen atoms in total. The monoisotopic (exact) mass is 332 g/mol. The molecule has 1 fully saturated rings. The van der Waals surface area contributed by atoms with Gasteiger partial charge >= 0.3 is 0 Å². The van der Waals surface area contributed by atoms with Crippen molar-refractivity contribution in [2.75, 3.05) is 11.9 Å². The Morgan fingerprint density at radius 1 is 1.40 bits per heavy atom. The average Bonchev–Trinajstić information content (AvgIpc) is 2.87. The summed E-state index contributed by atoms with van der Waals surface area (Å²) in [5.74, 6) is 4.08. The molecule has 5 heteroatoms. The molecule has 2 aromatic rings. The Hall–Kier alpha value is -1.54. The molecule has 20 heavy (non-hydrogen) atoms. The summed E-state index contributed by atoms with van der Waals surface area (Å²) in [5, 5.41) is 7.57. The van der Waals surface area contributed by atoms with Gasteiger partial charge in [-0.15, -0.1) is 6.42 Å². The average molecular weight is 333 g/mol. The van der Waals surface area contributed by atoms with Crippen LogP contribution in [0, 0.1) is 12.3 Å². The quantitative estimate of drug-likeness (QED) is 0.873. The Labute approximate surface area is 127 Å². The van der Waals surface area contributed by atoms with Crippen LogP contribution in [0.1, 0.15) is 43.7 Å². The predicted molar refractivity (Wildman–Crippen MR) is 83.8 cm³/mol. The maximum Gasteiger partial charge on any atom is 0.171 e. The van der Waals surface area contributed by atoms with Gasteiger partial charge in [-0.1, -0.05) is 25.2 Å². The van der Waals surface area contributed by atoms with Gasteiger partial charge < -0.3 is 5.32 Å². The van der Waals surface area contributed by atoms with E-state index in [0.717, 1.165) is 21.6 Å². The van der Waals surface area contributed by atoms with Crippen molar-refractivity contribution in [1.82, 2.24) is 14.6 Å². The van der Waals surface area contributed by atoms with E-state index < -0.39 is 0 Å². The number of hydrogen-bond acceptors (Lipinski definition) is 3. The first kappa shape index (κ1) is 13.4. The number of rotatable bonds is 3. The second-order valence-electron chi connectivity index (χ2n) is 5.19. The lowest BCUT2D eigenvalue weighted by molar-refractivity contribution is 0.437. The van der Waals surface area contributed by atoms with E-state index in [-0.39, 0.29) is 0 Å². The number of fused-ring (bicyclic) bond motifs is 1. The Kier molecular flexibility index (Phi) is 3.93. The molecule has 1 saturated carbocycles. The third kappa shape index (κ3) is 2.53. The van der Waals surface area contributed by atoms with E-state index in [2.05, 4.69) is 38.3 Å². The zero-order valence-corrected chi connectivity index (χ0v) is 12.9. The minimum Gasteiger partial charge on any atom is -0.359 e. The number of halogens is 1. The molecule has 3 rings (SSSR count). The molecule has 0 aromatic carbocycles. The van der Waals surface area contributed by atoms with Crippen LogP contribution >= 0.6 is 15.9 Å². The summed E-state index contributed by atoms with van der Waals surface area (Å²) in [5.41, 5.74) is 2.01. The van der Waals surface area contributed by atoms with Gasteiger partial charge in [-0.05, 0) is 28.8 Å². The fourth-order valence-corrected chi connectivity index (χ4v) is 3.18. The molecule has 0 atom stereocenters. The van der Waals surface area contributed by atoms with Crippen molar-refractivity contribution in [1.29, 1.82) is 0 Å². The molecule has 2 aromatic heterocycles. The molecule has 1 N–H and O–H groups in total. The Bertz CT molecular complexity index is 650. The van der Waals surface area contributed by atoms with Gasteiger partial charge in [-0.25, -0.2) is 4.98 Å². The lowest BCUT2D eigenvalue weighted by Crippen LogP contribution is -2.11. The van der Waals surface area contributed by atoms with E-state index in [1.807, 2.05) is 0 Å². The fourth-order valence-electron chi connectivity index (χ4n) is 2.83. The van der Waals surface area contributed by atoms with Gasteiger partial charge in [0.15, 0.2) is 5.65 Å². The van der Waals surface area contributed by atoms with E-state index in [4.69, 9.17) is 11.4 Å². The minimum absolute atomic E-state index is 0.487. The van der Waals surface area contributed by atoms with Crippen LogP contribution < -0.4 is 5.32 Å². The number of nitrogens with zero attached hydrogens (tertiary/aromatic N) is 3. The molecule has 1 aliphatic rings. The first-order chi connectivity index (χ1) is 9.79.